The molecule has 66 valence electrons. The number of nitrogens with zero attached hydrogens (tertiary/aromatic N) is 2. The van der Waals surface area contributed by atoms with Gasteiger partial charge in [-0.25, -0.2) is 14.7 Å². The predicted molar refractivity (Wildman–Crippen MR) is 42.5 cm³/mol. The number of amides is 2. The highest BCUT2D eigenvalue weighted by atomic mass is 16.4. The van der Waals surface area contributed by atoms with Crippen molar-refractivity contribution in [2.45, 2.75) is 0 Å². The third-order valence-electron chi connectivity index (χ3n) is 1.27. The van der Waals surface area contributed by atoms with Gasteiger partial charge in [-0.1, -0.05) is 0 Å². The van der Waals surface area contributed by atoms with Gasteiger partial charge in [-0.2, -0.15) is 0 Å². The van der Waals surface area contributed by atoms with Gasteiger partial charge in [0, 0.05) is 13.1 Å². The SMILES string of the molecule is NCCN(C(N)=O)c1ncco1. The molecule has 0 aliphatic heterocycles. The lowest BCUT2D eigenvalue weighted by Gasteiger charge is -2.13. The second kappa shape index (κ2) is 3.72. The normalized spacial score (nSPS) is 9.75. The lowest BCUT2D eigenvalue weighted by atomic mass is 10.5. The number of nitrogens with two attached hydrogens (primary N) is 2. The predicted octanol–water partition coefficient (Wildman–Crippen LogP) is -0.482. The molecule has 0 unspecified atom stereocenters. The summed E-state index contributed by atoms with van der Waals surface area (Å²) in [6, 6.07) is -0.448. The summed E-state index contributed by atoms with van der Waals surface area (Å²) in [5.74, 6) is 0. The Morgan fingerprint density at radius 1 is 1.75 bits per heavy atom. The van der Waals surface area contributed by atoms with E-state index in [1.165, 1.54) is 17.4 Å². The molecule has 2 amide bonds. The molecule has 0 fully saturated rings. The van der Waals surface area contributed by atoms with Crippen molar-refractivity contribution in [1.29, 1.82) is 0 Å². The van der Waals surface area contributed by atoms with Crippen LogP contribution < -0.4 is 16.4 Å². The molecule has 12 heavy (non-hydrogen) atoms. The number of oxazole rings is 1. The molecule has 0 bridgehead atoms. The molecule has 1 heterocycles. The Hall–Kier alpha value is -1.56. The van der Waals surface area contributed by atoms with Crippen molar-refractivity contribution >= 4 is 12.0 Å². The largest absolute Gasteiger partial charge is 0.432 e. The minimum Gasteiger partial charge on any atom is -0.432 e. The highest BCUT2D eigenvalue weighted by Crippen LogP contribution is 2.08. The minimum atomic E-state index is -0.622. The summed E-state index contributed by atoms with van der Waals surface area (Å²) in [4.78, 5) is 15.7. The topological polar surface area (TPSA) is 98.4 Å². The first-order valence-corrected chi connectivity index (χ1v) is 3.42. The fraction of sp³-hybridized carbons (Fsp3) is 0.333. The maximum atomic E-state index is 10.8. The maximum Gasteiger partial charge on any atom is 0.322 e. The number of hydrogen-bond acceptors (Lipinski definition) is 4. The molecule has 0 spiro atoms. The summed E-state index contributed by atoms with van der Waals surface area (Å²) in [7, 11) is 0. The van der Waals surface area contributed by atoms with E-state index in [9.17, 15) is 4.79 Å². The maximum absolute atomic E-state index is 10.8. The zero-order chi connectivity index (χ0) is 8.97. The number of rotatable bonds is 3. The first kappa shape index (κ1) is 8.54. The van der Waals surface area contributed by atoms with Crippen LogP contribution in [-0.2, 0) is 0 Å². The first-order chi connectivity index (χ1) is 5.75. The van der Waals surface area contributed by atoms with E-state index in [-0.39, 0.29) is 6.01 Å². The van der Waals surface area contributed by atoms with E-state index in [0.717, 1.165) is 0 Å². The van der Waals surface area contributed by atoms with Crippen LogP contribution in [0.5, 0.6) is 0 Å². The van der Waals surface area contributed by atoms with Gasteiger partial charge in [0.2, 0.25) is 0 Å². The highest BCUT2D eigenvalue weighted by molar-refractivity contribution is 5.88. The summed E-state index contributed by atoms with van der Waals surface area (Å²) in [5.41, 5.74) is 10.3. The van der Waals surface area contributed by atoms with Crippen molar-refractivity contribution in [2.75, 3.05) is 18.0 Å². The van der Waals surface area contributed by atoms with Crippen LogP contribution in [0, 0.1) is 0 Å². The van der Waals surface area contributed by atoms with Gasteiger partial charge in [-0.05, 0) is 0 Å². The van der Waals surface area contributed by atoms with Crippen molar-refractivity contribution in [3.05, 3.63) is 12.5 Å². The van der Waals surface area contributed by atoms with E-state index in [1.54, 1.807) is 0 Å². The van der Waals surface area contributed by atoms with Crippen molar-refractivity contribution in [1.82, 2.24) is 4.98 Å². The smallest absolute Gasteiger partial charge is 0.322 e. The van der Waals surface area contributed by atoms with Crippen LogP contribution in [0.15, 0.2) is 16.9 Å². The quantitative estimate of drug-likeness (QED) is 0.639. The average molecular weight is 170 g/mol. The lowest BCUT2D eigenvalue weighted by molar-refractivity contribution is 0.252. The molecular formula is C6H10N4O2. The van der Waals surface area contributed by atoms with Crippen LogP contribution in [-0.4, -0.2) is 24.1 Å². The lowest BCUT2D eigenvalue weighted by Crippen LogP contribution is -2.39. The van der Waals surface area contributed by atoms with Gasteiger partial charge in [0.25, 0.3) is 0 Å². The van der Waals surface area contributed by atoms with Gasteiger partial charge < -0.3 is 15.9 Å². The van der Waals surface area contributed by atoms with Crippen molar-refractivity contribution in [3.63, 3.8) is 0 Å². The molecule has 0 saturated carbocycles. The van der Waals surface area contributed by atoms with E-state index in [1.807, 2.05) is 0 Å². The molecule has 4 N–H and O–H groups in total. The van der Waals surface area contributed by atoms with Crippen LogP contribution in [0.25, 0.3) is 0 Å². The summed E-state index contributed by atoms with van der Waals surface area (Å²) in [6.07, 6.45) is 2.80. The molecule has 0 aliphatic carbocycles. The summed E-state index contributed by atoms with van der Waals surface area (Å²) < 4.78 is 4.87. The second-order valence-corrected chi connectivity index (χ2v) is 2.09. The fourth-order valence-corrected chi connectivity index (χ4v) is 0.778. The molecule has 0 saturated heterocycles. The fourth-order valence-electron chi connectivity index (χ4n) is 0.778. The Balaban J connectivity index is 2.73. The second-order valence-electron chi connectivity index (χ2n) is 2.09. The van der Waals surface area contributed by atoms with Gasteiger partial charge in [0.05, 0.1) is 6.20 Å². The van der Waals surface area contributed by atoms with Crippen LogP contribution in [0.4, 0.5) is 10.8 Å². The minimum absolute atomic E-state index is 0.174. The number of primary amides is 1. The third kappa shape index (κ3) is 1.73. The number of urea groups is 1. The van der Waals surface area contributed by atoms with Gasteiger partial charge in [0.15, 0.2) is 0 Å². The average Bonchev–Trinajstić information content (AvgIpc) is 2.51. The van der Waals surface area contributed by atoms with E-state index in [0.29, 0.717) is 13.1 Å². The number of anilines is 1. The Morgan fingerprint density at radius 3 is 2.92 bits per heavy atom. The molecule has 0 aliphatic rings. The van der Waals surface area contributed by atoms with E-state index < -0.39 is 6.03 Å². The van der Waals surface area contributed by atoms with Gasteiger partial charge in [-0.15, -0.1) is 0 Å². The molecular weight excluding hydrogens is 160 g/mol. The van der Waals surface area contributed by atoms with Crippen LogP contribution in [0.1, 0.15) is 0 Å². The summed E-state index contributed by atoms with van der Waals surface area (Å²) >= 11 is 0. The molecule has 1 aromatic heterocycles. The molecule has 0 aromatic carbocycles. The van der Waals surface area contributed by atoms with Crippen LogP contribution >= 0.6 is 0 Å². The third-order valence-corrected chi connectivity index (χ3v) is 1.27. The van der Waals surface area contributed by atoms with Gasteiger partial charge in [-0.3, -0.25) is 0 Å². The van der Waals surface area contributed by atoms with Crippen molar-refractivity contribution in [3.8, 4) is 0 Å². The summed E-state index contributed by atoms with van der Waals surface area (Å²) in [5, 5.41) is 0. The summed E-state index contributed by atoms with van der Waals surface area (Å²) in [6.45, 7) is 0.612. The highest BCUT2D eigenvalue weighted by Gasteiger charge is 2.14. The number of hydrogen-bond donors (Lipinski definition) is 2. The molecule has 1 aromatic rings. The van der Waals surface area contributed by atoms with E-state index >= 15 is 0 Å². The van der Waals surface area contributed by atoms with E-state index in [4.69, 9.17) is 15.9 Å². The Kier molecular flexibility index (Phi) is 2.65. The zero-order valence-electron chi connectivity index (χ0n) is 6.43. The molecule has 6 nitrogen and oxygen atoms in total. The molecule has 0 radical (unpaired) electrons. The molecule has 1 rings (SSSR count). The van der Waals surface area contributed by atoms with Crippen LogP contribution in [0.3, 0.4) is 0 Å². The van der Waals surface area contributed by atoms with E-state index in [2.05, 4.69) is 4.98 Å². The number of aromatic nitrogens is 1. The van der Waals surface area contributed by atoms with Crippen molar-refractivity contribution < 1.29 is 9.21 Å². The Labute approximate surface area is 69.1 Å². The monoisotopic (exact) mass is 170 g/mol. The number of carbonyl (C=O) groups is 1. The van der Waals surface area contributed by atoms with Gasteiger partial charge in [0.1, 0.15) is 6.26 Å². The standard InChI is InChI=1S/C6H10N4O2/c7-1-3-10(5(8)11)6-9-2-4-12-6/h2,4H,1,3,7H2,(H2,8,11). The van der Waals surface area contributed by atoms with Crippen molar-refractivity contribution in [2.24, 2.45) is 11.5 Å². The molecule has 6 heteroatoms. The van der Waals surface area contributed by atoms with Gasteiger partial charge >= 0.3 is 12.0 Å². The first-order valence-electron chi connectivity index (χ1n) is 3.42. The zero-order valence-corrected chi connectivity index (χ0v) is 6.43. The van der Waals surface area contributed by atoms with Crippen LogP contribution in [0.2, 0.25) is 0 Å². The Bertz CT molecular complexity index is 246. The molecule has 0 atom stereocenters. The Morgan fingerprint density at radius 2 is 2.50 bits per heavy atom. The number of carbonyl (C=O) groups excluding carboxylic acids is 1.